The van der Waals surface area contributed by atoms with E-state index in [1.807, 2.05) is 0 Å². The van der Waals surface area contributed by atoms with Crippen LogP contribution in [-0.2, 0) is 4.79 Å². The number of amides is 2. The molecule has 0 aromatic heterocycles. The Balaban J connectivity index is 2.61. The molecule has 0 fully saturated rings. The van der Waals surface area contributed by atoms with E-state index in [-0.39, 0.29) is 17.2 Å². The molecule has 0 saturated heterocycles. The minimum atomic E-state index is -2.91. The number of benzene rings is 1. The summed E-state index contributed by atoms with van der Waals surface area (Å²) in [5, 5.41) is 5.08. The molecule has 1 atom stereocenters. The lowest BCUT2D eigenvalue weighted by Gasteiger charge is -2.13. The fourth-order valence-electron chi connectivity index (χ4n) is 1.46. The highest BCUT2D eigenvalue weighted by Crippen LogP contribution is 2.14. The van der Waals surface area contributed by atoms with Crippen molar-refractivity contribution in [3.8, 4) is 5.75 Å². The second-order valence-electron chi connectivity index (χ2n) is 3.99. The molecule has 1 aromatic rings. The van der Waals surface area contributed by atoms with E-state index >= 15 is 0 Å². The first-order chi connectivity index (χ1) is 9.43. The average molecular weight is 286 g/mol. The van der Waals surface area contributed by atoms with Crippen molar-refractivity contribution in [3.63, 3.8) is 0 Å². The molecule has 0 bridgehead atoms. The number of carbonyl (C=O) groups excluding carboxylic acids is 2. The van der Waals surface area contributed by atoms with Crippen molar-refractivity contribution < 1.29 is 23.1 Å². The molecule has 0 aliphatic rings. The van der Waals surface area contributed by atoms with Gasteiger partial charge in [-0.25, -0.2) is 0 Å². The van der Waals surface area contributed by atoms with Crippen molar-refractivity contribution >= 4 is 11.8 Å². The highest BCUT2D eigenvalue weighted by Gasteiger charge is 2.15. The zero-order valence-electron chi connectivity index (χ0n) is 11.2. The quantitative estimate of drug-likeness (QED) is 0.833. The molecule has 7 heteroatoms. The topological polar surface area (TPSA) is 67.4 Å². The molecule has 20 heavy (non-hydrogen) atoms. The Hall–Kier alpha value is -2.18. The Bertz CT molecular complexity index is 463. The Morgan fingerprint density at radius 1 is 1.25 bits per heavy atom. The molecule has 0 spiro atoms. The van der Waals surface area contributed by atoms with Gasteiger partial charge in [-0.1, -0.05) is 0 Å². The fraction of sp³-hybridized carbons (Fsp3) is 0.385. The van der Waals surface area contributed by atoms with Gasteiger partial charge in [0.1, 0.15) is 11.8 Å². The van der Waals surface area contributed by atoms with Gasteiger partial charge < -0.3 is 15.4 Å². The van der Waals surface area contributed by atoms with E-state index in [2.05, 4.69) is 15.4 Å². The Morgan fingerprint density at radius 2 is 1.85 bits per heavy atom. The van der Waals surface area contributed by atoms with Gasteiger partial charge in [-0.05, 0) is 38.1 Å². The van der Waals surface area contributed by atoms with Crippen LogP contribution in [0.15, 0.2) is 24.3 Å². The highest BCUT2D eigenvalue weighted by molar-refractivity contribution is 5.97. The summed E-state index contributed by atoms with van der Waals surface area (Å²) in [5.74, 6) is -0.792. The maximum Gasteiger partial charge on any atom is 0.387 e. The van der Waals surface area contributed by atoms with Gasteiger partial charge >= 0.3 is 6.61 Å². The normalized spacial score (nSPS) is 11.8. The summed E-state index contributed by atoms with van der Waals surface area (Å²) in [6.45, 7) is 0.886. The number of ether oxygens (including phenoxy) is 1. The lowest BCUT2D eigenvalue weighted by Crippen LogP contribution is -2.44. The average Bonchev–Trinajstić information content (AvgIpc) is 2.39. The van der Waals surface area contributed by atoms with Crippen LogP contribution in [0.2, 0.25) is 0 Å². The molecule has 1 rings (SSSR count). The van der Waals surface area contributed by atoms with E-state index in [1.165, 1.54) is 24.3 Å². The summed E-state index contributed by atoms with van der Waals surface area (Å²) in [7, 11) is 0. The first-order valence-corrected chi connectivity index (χ1v) is 6.07. The van der Waals surface area contributed by atoms with Crippen LogP contribution in [-0.4, -0.2) is 31.0 Å². The molecular formula is C13H16F2N2O3. The highest BCUT2D eigenvalue weighted by atomic mass is 19.3. The molecule has 5 nitrogen and oxygen atoms in total. The van der Waals surface area contributed by atoms with Crippen molar-refractivity contribution in [2.24, 2.45) is 0 Å². The van der Waals surface area contributed by atoms with Crippen molar-refractivity contribution in [3.05, 3.63) is 29.8 Å². The molecule has 0 aliphatic heterocycles. The standard InChI is InChI=1S/C13H16F2N2O3/c1-3-16-11(18)8(2)17-12(19)9-4-6-10(7-5-9)20-13(14)15/h4-8,13H,3H2,1-2H3,(H,16,18)(H,17,19)/t8-/m1/s1. The largest absolute Gasteiger partial charge is 0.435 e. The minimum absolute atomic E-state index is 0.0340. The third kappa shape index (κ3) is 4.83. The number of rotatable bonds is 6. The zero-order valence-corrected chi connectivity index (χ0v) is 11.2. The van der Waals surface area contributed by atoms with E-state index in [9.17, 15) is 18.4 Å². The molecule has 0 saturated carbocycles. The Labute approximate surface area is 115 Å². The second-order valence-corrected chi connectivity index (χ2v) is 3.99. The van der Waals surface area contributed by atoms with E-state index in [0.717, 1.165) is 0 Å². The third-order valence-electron chi connectivity index (χ3n) is 2.43. The van der Waals surface area contributed by atoms with Crippen LogP contribution in [0.5, 0.6) is 5.75 Å². The van der Waals surface area contributed by atoms with E-state index in [4.69, 9.17) is 0 Å². The summed E-state index contributed by atoms with van der Waals surface area (Å²) in [4.78, 5) is 23.3. The molecule has 1 aromatic carbocycles. The predicted molar refractivity (Wildman–Crippen MR) is 68.7 cm³/mol. The first kappa shape index (κ1) is 15.9. The van der Waals surface area contributed by atoms with Crippen LogP contribution < -0.4 is 15.4 Å². The summed E-state index contributed by atoms with van der Waals surface area (Å²) in [6, 6.07) is 4.53. The van der Waals surface area contributed by atoms with Crippen LogP contribution in [0.3, 0.4) is 0 Å². The van der Waals surface area contributed by atoms with Crippen LogP contribution in [0.25, 0.3) is 0 Å². The molecule has 2 amide bonds. The summed E-state index contributed by atoms with van der Waals surface area (Å²) in [5.41, 5.74) is 0.253. The van der Waals surface area contributed by atoms with Crippen LogP contribution >= 0.6 is 0 Å². The van der Waals surface area contributed by atoms with Crippen LogP contribution in [0.1, 0.15) is 24.2 Å². The number of alkyl halides is 2. The zero-order chi connectivity index (χ0) is 15.1. The molecule has 110 valence electrons. The summed E-state index contributed by atoms with van der Waals surface area (Å²) in [6.07, 6.45) is 0. The SMILES string of the molecule is CCNC(=O)[C@@H](C)NC(=O)c1ccc(OC(F)F)cc1. The molecule has 0 aliphatic carbocycles. The summed E-state index contributed by atoms with van der Waals surface area (Å²) < 4.78 is 28.1. The van der Waals surface area contributed by atoms with E-state index in [0.29, 0.717) is 6.54 Å². The van der Waals surface area contributed by atoms with Gasteiger partial charge in [-0.2, -0.15) is 8.78 Å². The second kappa shape index (κ2) is 7.42. The maximum absolute atomic E-state index is 12.0. The van der Waals surface area contributed by atoms with E-state index in [1.54, 1.807) is 13.8 Å². The molecule has 0 radical (unpaired) electrons. The summed E-state index contributed by atoms with van der Waals surface area (Å²) >= 11 is 0. The van der Waals surface area contributed by atoms with Gasteiger partial charge in [-0.3, -0.25) is 9.59 Å². The lowest BCUT2D eigenvalue weighted by atomic mass is 10.2. The maximum atomic E-state index is 12.0. The monoisotopic (exact) mass is 286 g/mol. The van der Waals surface area contributed by atoms with Gasteiger partial charge in [0, 0.05) is 12.1 Å². The Kier molecular flexibility index (Phi) is 5.89. The number of nitrogens with one attached hydrogen (secondary N) is 2. The molecule has 2 N–H and O–H groups in total. The fourth-order valence-corrected chi connectivity index (χ4v) is 1.46. The van der Waals surface area contributed by atoms with Crippen molar-refractivity contribution in [1.82, 2.24) is 10.6 Å². The van der Waals surface area contributed by atoms with Crippen molar-refractivity contribution in [2.45, 2.75) is 26.5 Å². The number of hydrogen-bond acceptors (Lipinski definition) is 3. The Morgan fingerprint density at radius 3 is 2.35 bits per heavy atom. The van der Waals surface area contributed by atoms with Gasteiger partial charge in [0.25, 0.3) is 5.91 Å². The number of carbonyl (C=O) groups is 2. The van der Waals surface area contributed by atoms with Gasteiger partial charge in [0.2, 0.25) is 5.91 Å². The van der Waals surface area contributed by atoms with Gasteiger partial charge in [0.05, 0.1) is 0 Å². The van der Waals surface area contributed by atoms with Gasteiger partial charge in [-0.15, -0.1) is 0 Å². The van der Waals surface area contributed by atoms with Crippen molar-refractivity contribution in [1.29, 1.82) is 0 Å². The first-order valence-electron chi connectivity index (χ1n) is 6.07. The van der Waals surface area contributed by atoms with Crippen molar-refractivity contribution in [2.75, 3.05) is 6.54 Å². The molecular weight excluding hydrogens is 270 g/mol. The number of halogens is 2. The molecule has 0 unspecified atom stereocenters. The van der Waals surface area contributed by atoms with E-state index < -0.39 is 18.6 Å². The van der Waals surface area contributed by atoms with Gasteiger partial charge in [0.15, 0.2) is 0 Å². The smallest absolute Gasteiger partial charge is 0.387 e. The lowest BCUT2D eigenvalue weighted by molar-refractivity contribution is -0.122. The van der Waals surface area contributed by atoms with Crippen LogP contribution in [0.4, 0.5) is 8.78 Å². The number of hydrogen-bond donors (Lipinski definition) is 2. The third-order valence-corrected chi connectivity index (χ3v) is 2.43. The predicted octanol–water partition coefficient (Wildman–Crippen LogP) is 1.54. The van der Waals surface area contributed by atoms with Crippen LogP contribution in [0, 0.1) is 0 Å². The molecule has 0 heterocycles. The number of likely N-dealkylation sites (N-methyl/N-ethyl adjacent to an activating group) is 1. The minimum Gasteiger partial charge on any atom is -0.435 e.